The monoisotopic (exact) mass is 240 g/mol. The van der Waals surface area contributed by atoms with Crippen LogP contribution in [0.2, 0.25) is 0 Å². The summed E-state index contributed by atoms with van der Waals surface area (Å²) in [7, 11) is 3.79. The van der Waals surface area contributed by atoms with Gasteiger partial charge in [0.05, 0.1) is 6.10 Å². The third-order valence-corrected chi connectivity index (χ3v) is 4.16. The quantitative estimate of drug-likeness (QED) is 0.750. The van der Waals surface area contributed by atoms with Crippen molar-refractivity contribution in [2.45, 2.75) is 37.8 Å². The number of hydrogen-bond acceptors (Lipinski definition) is 4. The first-order valence-electron chi connectivity index (χ1n) is 6.54. The van der Waals surface area contributed by atoms with Gasteiger partial charge in [0.1, 0.15) is 6.73 Å². The van der Waals surface area contributed by atoms with E-state index in [1.54, 1.807) is 7.11 Å². The molecule has 0 aromatic carbocycles. The molecular formula is C13H24N2O2. The lowest BCUT2D eigenvalue weighted by Crippen LogP contribution is -2.39. The van der Waals surface area contributed by atoms with Gasteiger partial charge in [-0.1, -0.05) is 0 Å². The summed E-state index contributed by atoms with van der Waals surface area (Å²) < 4.78 is 5.50. The van der Waals surface area contributed by atoms with Gasteiger partial charge in [0.15, 0.2) is 0 Å². The lowest BCUT2D eigenvalue weighted by molar-refractivity contribution is 0.0179. The molecule has 0 radical (unpaired) electrons. The summed E-state index contributed by atoms with van der Waals surface area (Å²) in [4.78, 5) is 2.10. The van der Waals surface area contributed by atoms with Crippen molar-refractivity contribution in [2.75, 3.05) is 27.4 Å². The van der Waals surface area contributed by atoms with E-state index in [0.717, 1.165) is 32.2 Å². The van der Waals surface area contributed by atoms with Gasteiger partial charge in [-0.25, -0.2) is 0 Å². The zero-order chi connectivity index (χ0) is 12.3. The van der Waals surface area contributed by atoms with E-state index in [4.69, 9.17) is 4.74 Å². The molecule has 1 saturated carbocycles. The summed E-state index contributed by atoms with van der Waals surface area (Å²) in [6, 6.07) is 0.498. The fourth-order valence-electron chi connectivity index (χ4n) is 3.19. The second-order valence-electron chi connectivity index (χ2n) is 5.06. The average Bonchev–Trinajstić information content (AvgIpc) is 2.73. The van der Waals surface area contributed by atoms with Gasteiger partial charge in [0.25, 0.3) is 0 Å². The van der Waals surface area contributed by atoms with Crippen LogP contribution in [0.4, 0.5) is 0 Å². The Morgan fingerprint density at radius 3 is 3.00 bits per heavy atom. The summed E-state index contributed by atoms with van der Waals surface area (Å²) >= 11 is 0. The molecule has 4 heteroatoms. The molecule has 0 aromatic heterocycles. The molecule has 0 saturated heterocycles. The summed E-state index contributed by atoms with van der Waals surface area (Å²) in [5.41, 5.74) is 1.47. The van der Waals surface area contributed by atoms with Gasteiger partial charge in [0.2, 0.25) is 0 Å². The van der Waals surface area contributed by atoms with Crippen molar-refractivity contribution in [3.63, 3.8) is 0 Å². The molecule has 1 heterocycles. The number of ether oxygens (including phenoxy) is 1. The van der Waals surface area contributed by atoms with E-state index in [1.807, 2.05) is 7.05 Å². The zero-order valence-electron chi connectivity index (χ0n) is 10.9. The van der Waals surface area contributed by atoms with Crippen molar-refractivity contribution >= 4 is 0 Å². The fraction of sp³-hybridized carbons (Fsp3) is 0.846. The zero-order valence-corrected chi connectivity index (χ0v) is 10.9. The largest absolute Gasteiger partial charge is 0.381 e. The number of methoxy groups -OCH3 is 1. The predicted molar refractivity (Wildman–Crippen MR) is 67.5 cm³/mol. The van der Waals surface area contributed by atoms with E-state index >= 15 is 0 Å². The molecule has 17 heavy (non-hydrogen) atoms. The van der Waals surface area contributed by atoms with Gasteiger partial charge < -0.3 is 20.1 Å². The first-order chi connectivity index (χ1) is 8.30. The van der Waals surface area contributed by atoms with Crippen LogP contribution in [0.15, 0.2) is 11.8 Å². The van der Waals surface area contributed by atoms with Crippen LogP contribution in [-0.2, 0) is 4.74 Å². The number of aliphatic hydroxyl groups excluding tert-OH is 1. The third-order valence-electron chi connectivity index (χ3n) is 4.16. The molecule has 0 bridgehead atoms. The van der Waals surface area contributed by atoms with Crippen LogP contribution in [0.25, 0.3) is 0 Å². The van der Waals surface area contributed by atoms with Gasteiger partial charge in [-0.2, -0.15) is 0 Å². The molecule has 3 unspecified atom stereocenters. The molecule has 3 atom stereocenters. The molecule has 0 aromatic rings. The predicted octanol–water partition coefficient (Wildman–Crippen LogP) is 0.929. The lowest BCUT2D eigenvalue weighted by atomic mass is 9.79. The highest BCUT2D eigenvalue weighted by atomic mass is 16.5. The van der Waals surface area contributed by atoms with Crippen LogP contribution in [0.3, 0.4) is 0 Å². The summed E-state index contributed by atoms with van der Waals surface area (Å²) in [5.74, 6) is 0.578. The molecule has 2 N–H and O–H groups in total. The highest BCUT2D eigenvalue weighted by Crippen LogP contribution is 2.40. The SMILES string of the molecule is CNCCC1=CN(CO)C2CCC(OC)CC12. The van der Waals surface area contributed by atoms with Crippen molar-refractivity contribution in [1.82, 2.24) is 10.2 Å². The molecule has 1 aliphatic heterocycles. The van der Waals surface area contributed by atoms with E-state index in [0.29, 0.717) is 18.1 Å². The highest BCUT2D eigenvalue weighted by molar-refractivity contribution is 5.19. The number of nitrogens with one attached hydrogen (secondary N) is 1. The smallest absolute Gasteiger partial charge is 0.115 e. The van der Waals surface area contributed by atoms with E-state index in [-0.39, 0.29) is 6.73 Å². The Balaban J connectivity index is 2.03. The van der Waals surface area contributed by atoms with E-state index < -0.39 is 0 Å². The average molecular weight is 240 g/mol. The van der Waals surface area contributed by atoms with Crippen LogP contribution >= 0.6 is 0 Å². The minimum absolute atomic E-state index is 0.141. The maximum atomic E-state index is 9.41. The van der Waals surface area contributed by atoms with Gasteiger partial charge in [-0.05, 0) is 44.8 Å². The molecular weight excluding hydrogens is 216 g/mol. The Morgan fingerprint density at radius 1 is 1.53 bits per heavy atom. The Bertz CT molecular complexity index is 281. The molecule has 98 valence electrons. The van der Waals surface area contributed by atoms with E-state index in [2.05, 4.69) is 16.4 Å². The first kappa shape index (κ1) is 12.9. The molecule has 0 amide bonds. The molecule has 0 spiro atoms. The molecule has 1 fully saturated rings. The Kier molecular flexibility index (Phi) is 4.42. The molecule has 2 rings (SSSR count). The number of aliphatic hydroxyl groups is 1. The Labute approximate surface area is 104 Å². The lowest BCUT2D eigenvalue weighted by Gasteiger charge is -2.36. The minimum atomic E-state index is 0.141. The minimum Gasteiger partial charge on any atom is -0.381 e. The van der Waals surface area contributed by atoms with Gasteiger partial charge in [0, 0.05) is 25.3 Å². The van der Waals surface area contributed by atoms with Gasteiger partial charge >= 0.3 is 0 Å². The Hall–Kier alpha value is -0.580. The number of hydrogen-bond donors (Lipinski definition) is 2. The van der Waals surface area contributed by atoms with E-state index in [1.165, 1.54) is 5.57 Å². The maximum Gasteiger partial charge on any atom is 0.115 e. The molecule has 2 aliphatic rings. The highest BCUT2D eigenvalue weighted by Gasteiger charge is 2.39. The number of fused-ring (bicyclic) bond motifs is 1. The summed E-state index contributed by atoms with van der Waals surface area (Å²) in [6.07, 6.45) is 6.99. The summed E-state index contributed by atoms with van der Waals surface area (Å²) in [5, 5.41) is 12.6. The maximum absolute atomic E-state index is 9.41. The van der Waals surface area contributed by atoms with Crippen molar-refractivity contribution in [1.29, 1.82) is 0 Å². The number of nitrogens with zero attached hydrogens (tertiary/aromatic N) is 1. The summed E-state index contributed by atoms with van der Waals surface area (Å²) in [6.45, 7) is 1.15. The van der Waals surface area contributed by atoms with Crippen LogP contribution < -0.4 is 5.32 Å². The topological polar surface area (TPSA) is 44.7 Å². The van der Waals surface area contributed by atoms with Crippen LogP contribution in [0.5, 0.6) is 0 Å². The number of rotatable bonds is 5. The van der Waals surface area contributed by atoms with Crippen molar-refractivity contribution < 1.29 is 9.84 Å². The molecule has 4 nitrogen and oxygen atoms in total. The van der Waals surface area contributed by atoms with Crippen LogP contribution in [0, 0.1) is 5.92 Å². The normalized spacial score (nSPS) is 32.5. The third kappa shape index (κ3) is 2.64. The standard InChI is InChI=1S/C13H24N2O2/c1-14-6-5-10-8-15(9-16)13-4-3-11(17-2)7-12(10)13/h8,11-14,16H,3-7,9H2,1-2H3. The molecule has 1 aliphatic carbocycles. The van der Waals surface area contributed by atoms with Crippen molar-refractivity contribution in [3.05, 3.63) is 11.8 Å². The van der Waals surface area contributed by atoms with Crippen molar-refractivity contribution in [3.8, 4) is 0 Å². The van der Waals surface area contributed by atoms with Gasteiger partial charge in [-0.3, -0.25) is 0 Å². The van der Waals surface area contributed by atoms with E-state index in [9.17, 15) is 5.11 Å². The first-order valence-corrected chi connectivity index (χ1v) is 6.54. The van der Waals surface area contributed by atoms with Crippen LogP contribution in [0.1, 0.15) is 25.7 Å². The Morgan fingerprint density at radius 2 is 2.35 bits per heavy atom. The second kappa shape index (κ2) is 5.85. The second-order valence-corrected chi connectivity index (χ2v) is 5.06. The fourth-order valence-corrected chi connectivity index (χ4v) is 3.19. The van der Waals surface area contributed by atoms with Crippen molar-refractivity contribution in [2.24, 2.45) is 5.92 Å². The van der Waals surface area contributed by atoms with Crippen LogP contribution in [-0.4, -0.2) is 49.6 Å². The van der Waals surface area contributed by atoms with Gasteiger partial charge in [-0.15, -0.1) is 0 Å².